The molecule has 1 radical (unpaired) electrons. The second-order valence-electron chi connectivity index (χ2n) is 4.83. The molecule has 0 spiro atoms. The van der Waals surface area contributed by atoms with Crippen LogP contribution < -0.4 is 10.1 Å². The topological polar surface area (TPSA) is 21.3 Å². The van der Waals surface area contributed by atoms with Crippen molar-refractivity contribution in [3.63, 3.8) is 0 Å². The van der Waals surface area contributed by atoms with Gasteiger partial charge in [0, 0.05) is 16.5 Å². The van der Waals surface area contributed by atoms with Gasteiger partial charge in [0.25, 0.3) is 0 Å². The molecule has 0 heterocycles. The van der Waals surface area contributed by atoms with Crippen LogP contribution in [-0.4, -0.2) is 19.4 Å². The smallest absolute Gasteiger partial charge is 0.119 e. The lowest BCUT2D eigenvalue weighted by molar-refractivity contribution is 0.415. The van der Waals surface area contributed by atoms with Crippen molar-refractivity contribution < 1.29 is 4.74 Å². The van der Waals surface area contributed by atoms with Gasteiger partial charge < -0.3 is 10.1 Å². The maximum Gasteiger partial charge on any atom is 0.119 e. The first-order valence-corrected chi connectivity index (χ1v) is 7.87. The average molecular weight is 286 g/mol. The van der Waals surface area contributed by atoms with E-state index >= 15 is 0 Å². The molecule has 0 aromatic heterocycles. The van der Waals surface area contributed by atoms with Crippen LogP contribution in [0, 0.1) is 6.07 Å². The minimum absolute atomic E-state index is 0.376. The highest BCUT2D eigenvalue weighted by Crippen LogP contribution is 2.36. The van der Waals surface area contributed by atoms with Gasteiger partial charge in [-0.3, -0.25) is 0 Å². The summed E-state index contributed by atoms with van der Waals surface area (Å²) in [5, 5.41) is 3.54. The molecule has 0 aliphatic rings. The first kappa shape index (κ1) is 14.8. The molecule has 105 valence electrons. The van der Waals surface area contributed by atoms with Gasteiger partial charge in [-0.05, 0) is 43.9 Å². The van der Waals surface area contributed by atoms with Crippen LogP contribution in [0.5, 0.6) is 5.75 Å². The third kappa shape index (κ3) is 3.28. The Bertz CT molecular complexity index is 581. The van der Waals surface area contributed by atoms with E-state index in [-0.39, 0.29) is 0 Å². The standard InChI is InChI=1S/C17H20NOS/c1-12(2)18-17-15(9-6-10-16(17)20-4)13-7-5-8-14(11-13)19-3/h5-9,11-12,18H,1-4H3. The van der Waals surface area contributed by atoms with E-state index in [0.717, 1.165) is 21.9 Å². The number of anilines is 1. The molecule has 0 atom stereocenters. The molecular formula is C17H20NOS. The quantitative estimate of drug-likeness (QED) is 0.805. The molecule has 2 aromatic carbocycles. The van der Waals surface area contributed by atoms with Gasteiger partial charge in [-0.25, -0.2) is 0 Å². The van der Waals surface area contributed by atoms with Crippen molar-refractivity contribution in [2.45, 2.75) is 24.8 Å². The third-order valence-corrected chi connectivity index (χ3v) is 3.71. The predicted octanol–water partition coefficient (Wildman–Crippen LogP) is 4.70. The molecule has 0 saturated heterocycles. The van der Waals surface area contributed by atoms with Gasteiger partial charge in [0.05, 0.1) is 12.8 Å². The predicted molar refractivity (Wildman–Crippen MR) is 87.8 cm³/mol. The zero-order valence-electron chi connectivity index (χ0n) is 12.4. The highest BCUT2D eigenvalue weighted by molar-refractivity contribution is 7.98. The summed E-state index contributed by atoms with van der Waals surface area (Å²) in [5.74, 6) is 0.872. The number of nitrogens with one attached hydrogen (secondary N) is 1. The molecule has 2 aromatic rings. The number of thioether (sulfide) groups is 1. The Morgan fingerprint density at radius 2 is 2.05 bits per heavy atom. The van der Waals surface area contributed by atoms with Crippen molar-refractivity contribution in [3.8, 4) is 16.9 Å². The van der Waals surface area contributed by atoms with Gasteiger partial charge in [0.15, 0.2) is 0 Å². The fourth-order valence-electron chi connectivity index (χ4n) is 2.10. The van der Waals surface area contributed by atoms with Crippen molar-refractivity contribution >= 4 is 17.4 Å². The SMILES string of the molecule is COc1cccc(-c2cc[c]c(SC)c2NC(C)C)c1. The van der Waals surface area contributed by atoms with Crippen LogP contribution in [-0.2, 0) is 0 Å². The molecule has 0 amide bonds. The van der Waals surface area contributed by atoms with Crippen molar-refractivity contribution in [1.29, 1.82) is 0 Å². The summed E-state index contributed by atoms with van der Waals surface area (Å²) in [5.41, 5.74) is 3.47. The first-order chi connectivity index (χ1) is 9.65. The maximum absolute atomic E-state index is 5.32. The van der Waals surface area contributed by atoms with E-state index in [1.165, 1.54) is 5.56 Å². The van der Waals surface area contributed by atoms with Crippen LogP contribution in [0.1, 0.15) is 13.8 Å². The lowest BCUT2D eigenvalue weighted by Crippen LogP contribution is -2.11. The Morgan fingerprint density at radius 1 is 1.25 bits per heavy atom. The van der Waals surface area contributed by atoms with E-state index in [4.69, 9.17) is 4.74 Å². The minimum Gasteiger partial charge on any atom is -0.497 e. The lowest BCUT2D eigenvalue weighted by atomic mass is 10.0. The normalized spacial score (nSPS) is 10.7. The molecular weight excluding hydrogens is 266 g/mol. The number of benzene rings is 2. The molecule has 0 unspecified atom stereocenters. The summed E-state index contributed by atoms with van der Waals surface area (Å²) < 4.78 is 5.32. The van der Waals surface area contributed by atoms with Crippen molar-refractivity contribution in [2.75, 3.05) is 18.7 Å². The molecule has 0 saturated carbocycles. The van der Waals surface area contributed by atoms with Gasteiger partial charge in [-0.1, -0.05) is 24.3 Å². The Morgan fingerprint density at radius 3 is 2.70 bits per heavy atom. The number of hydrogen-bond donors (Lipinski definition) is 1. The highest BCUT2D eigenvalue weighted by atomic mass is 32.2. The van der Waals surface area contributed by atoms with E-state index in [2.05, 4.69) is 49.7 Å². The summed E-state index contributed by atoms with van der Waals surface area (Å²) in [6, 6.07) is 15.9. The molecule has 2 nitrogen and oxygen atoms in total. The molecule has 0 aliphatic carbocycles. The second kappa shape index (κ2) is 6.71. The zero-order valence-corrected chi connectivity index (χ0v) is 13.2. The summed E-state index contributed by atoms with van der Waals surface area (Å²) in [6.07, 6.45) is 2.08. The van der Waals surface area contributed by atoms with E-state index in [0.29, 0.717) is 6.04 Å². The molecule has 3 heteroatoms. The Balaban J connectivity index is 2.54. The van der Waals surface area contributed by atoms with Gasteiger partial charge >= 0.3 is 0 Å². The second-order valence-corrected chi connectivity index (χ2v) is 5.65. The van der Waals surface area contributed by atoms with Crippen molar-refractivity contribution in [1.82, 2.24) is 0 Å². The summed E-state index contributed by atoms with van der Waals surface area (Å²) in [4.78, 5) is 1.14. The van der Waals surface area contributed by atoms with Gasteiger partial charge in [-0.15, -0.1) is 11.8 Å². The van der Waals surface area contributed by atoms with Crippen LogP contribution in [0.15, 0.2) is 41.3 Å². The highest BCUT2D eigenvalue weighted by Gasteiger charge is 2.11. The average Bonchev–Trinajstić information content (AvgIpc) is 2.47. The fraction of sp³-hybridized carbons (Fsp3) is 0.294. The number of hydrogen-bond acceptors (Lipinski definition) is 3. The molecule has 1 N–H and O–H groups in total. The van der Waals surface area contributed by atoms with E-state index in [9.17, 15) is 0 Å². The van der Waals surface area contributed by atoms with Crippen LogP contribution in [0.4, 0.5) is 5.69 Å². The van der Waals surface area contributed by atoms with Gasteiger partial charge in [0.1, 0.15) is 5.75 Å². The number of ether oxygens (including phenoxy) is 1. The largest absolute Gasteiger partial charge is 0.497 e. The Kier molecular flexibility index (Phi) is 4.96. The number of rotatable bonds is 5. The van der Waals surface area contributed by atoms with E-state index in [1.807, 2.05) is 18.2 Å². The van der Waals surface area contributed by atoms with Crippen LogP contribution >= 0.6 is 11.8 Å². The zero-order chi connectivity index (χ0) is 14.5. The molecule has 0 aliphatic heterocycles. The summed E-state index contributed by atoms with van der Waals surface area (Å²) in [6.45, 7) is 4.29. The van der Waals surface area contributed by atoms with Crippen LogP contribution in [0.25, 0.3) is 11.1 Å². The molecule has 0 fully saturated rings. The van der Waals surface area contributed by atoms with E-state index < -0.39 is 0 Å². The van der Waals surface area contributed by atoms with Crippen molar-refractivity contribution in [2.24, 2.45) is 0 Å². The maximum atomic E-state index is 5.32. The lowest BCUT2D eigenvalue weighted by Gasteiger charge is -2.18. The Hall–Kier alpha value is -1.61. The monoisotopic (exact) mass is 286 g/mol. The number of methoxy groups -OCH3 is 1. The Labute approximate surface area is 125 Å². The first-order valence-electron chi connectivity index (χ1n) is 6.65. The third-order valence-electron chi connectivity index (χ3n) is 2.98. The molecule has 20 heavy (non-hydrogen) atoms. The minimum atomic E-state index is 0.376. The van der Waals surface area contributed by atoms with Gasteiger partial charge in [-0.2, -0.15) is 0 Å². The van der Waals surface area contributed by atoms with E-state index in [1.54, 1.807) is 18.9 Å². The fourth-order valence-corrected chi connectivity index (χ4v) is 2.66. The summed E-state index contributed by atoms with van der Waals surface area (Å²) >= 11 is 1.71. The van der Waals surface area contributed by atoms with Crippen LogP contribution in [0.3, 0.4) is 0 Å². The summed E-state index contributed by atoms with van der Waals surface area (Å²) in [7, 11) is 1.69. The van der Waals surface area contributed by atoms with Crippen LogP contribution in [0.2, 0.25) is 0 Å². The van der Waals surface area contributed by atoms with Crippen molar-refractivity contribution in [3.05, 3.63) is 42.5 Å². The molecule has 2 rings (SSSR count). The van der Waals surface area contributed by atoms with Gasteiger partial charge in [0.2, 0.25) is 0 Å². The molecule has 0 bridgehead atoms.